The molecule has 1 N–H and O–H groups in total. The van der Waals surface area contributed by atoms with Crippen LogP contribution in [0.25, 0.3) is 0 Å². The van der Waals surface area contributed by atoms with Crippen molar-refractivity contribution in [3.05, 3.63) is 75.8 Å². The molecule has 0 radical (unpaired) electrons. The molecule has 26 heavy (non-hydrogen) atoms. The van der Waals surface area contributed by atoms with Crippen LogP contribution in [0.15, 0.2) is 54.6 Å². The predicted molar refractivity (Wildman–Crippen MR) is 94.4 cm³/mol. The molecule has 1 fully saturated rings. The van der Waals surface area contributed by atoms with Crippen molar-refractivity contribution in [2.45, 2.75) is 25.2 Å². The topological polar surface area (TPSA) is 92.9 Å². The first kappa shape index (κ1) is 18.0. The van der Waals surface area contributed by atoms with Gasteiger partial charge >= 0.3 is 0 Å². The van der Waals surface area contributed by atoms with E-state index in [0.29, 0.717) is 6.54 Å². The Labute approximate surface area is 151 Å². The lowest BCUT2D eigenvalue weighted by Crippen LogP contribution is -2.50. The van der Waals surface area contributed by atoms with Crippen LogP contribution in [0, 0.1) is 10.1 Å². The highest BCUT2D eigenvalue weighted by Crippen LogP contribution is 2.32. The van der Waals surface area contributed by atoms with Crippen LogP contribution < -0.4 is 0 Å². The summed E-state index contributed by atoms with van der Waals surface area (Å²) in [5, 5.41) is 21.8. The number of nitro benzene ring substituents is 1. The van der Waals surface area contributed by atoms with Gasteiger partial charge in [-0.3, -0.25) is 14.9 Å². The molecule has 1 aliphatic heterocycles. The highest BCUT2D eigenvalue weighted by Gasteiger charge is 2.40. The smallest absolute Gasteiger partial charge is 0.275 e. The Morgan fingerprint density at radius 1 is 1.19 bits per heavy atom. The van der Waals surface area contributed by atoms with E-state index in [1.807, 2.05) is 37.3 Å². The third-order valence-electron chi connectivity index (χ3n) is 4.64. The maximum atomic E-state index is 12.9. The average Bonchev–Trinajstić information content (AvgIpc) is 2.68. The zero-order chi connectivity index (χ0) is 18.7. The number of aliphatic hydroxyl groups is 1. The number of para-hydroxylation sites is 1. The fraction of sp³-hybridized carbons (Fsp3) is 0.316. The van der Waals surface area contributed by atoms with Crippen molar-refractivity contribution in [1.29, 1.82) is 0 Å². The van der Waals surface area contributed by atoms with E-state index in [1.165, 1.54) is 18.2 Å². The number of carbonyl (C=O) groups is 1. The highest BCUT2D eigenvalue weighted by molar-refractivity contribution is 5.83. The molecule has 0 unspecified atom stereocenters. The second-order valence-corrected chi connectivity index (χ2v) is 6.17. The van der Waals surface area contributed by atoms with Gasteiger partial charge in [-0.1, -0.05) is 42.5 Å². The van der Waals surface area contributed by atoms with Gasteiger partial charge in [-0.2, -0.15) is 0 Å². The van der Waals surface area contributed by atoms with Crippen LogP contribution in [0.1, 0.15) is 30.2 Å². The van der Waals surface area contributed by atoms with Crippen LogP contribution in [-0.4, -0.2) is 40.1 Å². The Morgan fingerprint density at radius 3 is 2.54 bits per heavy atom. The molecule has 7 heteroatoms. The molecule has 0 saturated carbocycles. The Balaban J connectivity index is 1.85. The van der Waals surface area contributed by atoms with Crippen LogP contribution in [0.5, 0.6) is 0 Å². The van der Waals surface area contributed by atoms with Gasteiger partial charge in [0.05, 0.1) is 23.1 Å². The number of hydrogen-bond donors (Lipinski definition) is 1. The fourth-order valence-corrected chi connectivity index (χ4v) is 3.21. The number of hydrogen-bond acceptors (Lipinski definition) is 5. The second kappa shape index (κ2) is 7.63. The summed E-state index contributed by atoms with van der Waals surface area (Å²) < 4.78 is 5.49. The molecule has 7 nitrogen and oxygen atoms in total. The summed E-state index contributed by atoms with van der Waals surface area (Å²) in [6.45, 7) is 2.56. The number of rotatable bonds is 5. The van der Waals surface area contributed by atoms with Gasteiger partial charge in [0.25, 0.3) is 11.6 Å². The minimum atomic E-state index is -1.41. The highest BCUT2D eigenvalue weighted by atomic mass is 16.6. The fourth-order valence-electron chi connectivity index (χ4n) is 3.21. The maximum absolute atomic E-state index is 12.9. The van der Waals surface area contributed by atoms with E-state index >= 15 is 0 Å². The Kier molecular flexibility index (Phi) is 5.29. The lowest BCUT2D eigenvalue weighted by Gasteiger charge is -2.38. The van der Waals surface area contributed by atoms with Gasteiger partial charge in [-0.15, -0.1) is 0 Å². The minimum absolute atomic E-state index is 0.0741. The number of amides is 1. The van der Waals surface area contributed by atoms with Crippen LogP contribution in [0.3, 0.4) is 0 Å². The maximum Gasteiger partial charge on any atom is 0.275 e. The van der Waals surface area contributed by atoms with Gasteiger partial charge in [0, 0.05) is 12.6 Å². The molecule has 1 amide bonds. The summed E-state index contributed by atoms with van der Waals surface area (Å²) in [5.74, 6) is -0.377. The monoisotopic (exact) mass is 356 g/mol. The molecule has 136 valence electrons. The quantitative estimate of drug-likeness (QED) is 0.657. The van der Waals surface area contributed by atoms with E-state index in [4.69, 9.17) is 4.74 Å². The van der Waals surface area contributed by atoms with Gasteiger partial charge in [0.2, 0.25) is 0 Å². The third-order valence-corrected chi connectivity index (χ3v) is 4.64. The van der Waals surface area contributed by atoms with Crippen molar-refractivity contribution in [1.82, 2.24) is 4.90 Å². The van der Waals surface area contributed by atoms with Crippen LogP contribution in [0.4, 0.5) is 5.69 Å². The molecule has 0 aliphatic carbocycles. The summed E-state index contributed by atoms with van der Waals surface area (Å²) >= 11 is 0. The van der Waals surface area contributed by atoms with Gasteiger partial charge in [0.1, 0.15) is 6.10 Å². The van der Waals surface area contributed by atoms with Crippen molar-refractivity contribution < 1.29 is 19.6 Å². The lowest BCUT2D eigenvalue weighted by molar-refractivity contribution is -0.386. The van der Waals surface area contributed by atoms with Crippen molar-refractivity contribution in [3.8, 4) is 0 Å². The molecule has 1 saturated heterocycles. The third kappa shape index (κ3) is 3.44. The van der Waals surface area contributed by atoms with Gasteiger partial charge in [-0.25, -0.2) is 0 Å². The first-order valence-electron chi connectivity index (χ1n) is 8.39. The summed E-state index contributed by atoms with van der Waals surface area (Å²) in [5.41, 5.74) is 0.816. The standard InChI is InChI=1S/C19H20N2O5/c1-13(14-7-3-2-4-8-14)20-11-12-26-18(19(20)23)17(22)15-9-5-6-10-16(15)21(24)25/h2-10,13,17-18,22H,11-12H2,1H3/t13-,17-,18-/m0/s1. The molecule has 1 aliphatic rings. The summed E-state index contributed by atoms with van der Waals surface area (Å²) in [6.07, 6.45) is -2.58. The zero-order valence-corrected chi connectivity index (χ0v) is 14.3. The van der Waals surface area contributed by atoms with E-state index in [0.717, 1.165) is 5.56 Å². The molecule has 2 aromatic rings. The van der Waals surface area contributed by atoms with E-state index in [2.05, 4.69) is 0 Å². The molecule has 2 aromatic carbocycles. The first-order valence-corrected chi connectivity index (χ1v) is 8.39. The van der Waals surface area contributed by atoms with Crippen molar-refractivity contribution in [3.63, 3.8) is 0 Å². The number of morpholine rings is 1. The summed E-state index contributed by atoms with van der Waals surface area (Å²) in [6, 6.07) is 15.2. The van der Waals surface area contributed by atoms with Crippen molar-refractivity contribution in [2.75, 3.05) is 13.2 Å². The second-order valence-electron chi connectivity index (χ2n) is 6.17. The molecular formula is C19H20N2O5. The van der Waals surface area contributed by atoms with Crippen LogP contribution in [-0.2, 0) is 9.53 Å². The first-order chi connectivity index (χ1) is 12.5. The van der Waals surface area contributed by atoms with Gasteiger partial charge < -0.3 is 14.7 Å². The molecule has 0 aromatic heterocycles. The molecule has 3 rings (SSSR count). The van der Waals surface area contributed by atoms with E-state index in [-0.39, 0.29) is 29.8 Å². The SMILES string of the molecule is C[C@@H](c1ccccc1)N1CCO[C@@H]([C@@H](O)c2ccccc2[N+](=O)[O-])C1=O. The summed E-state index contributed by atoms with van der Waals surface area (Å²) in [4.78, 5) is 25.2. The Hall–Kier alpha value is -2.77. The average molecular weight is 356 g/mol. The Bertz CT molecular complexity index is 796. The van der Waals surface area contributed by atoms with Crippen molar-refractivity contribution >= 4 is 11.6 Å². The van der Waals surface area contributed by atoms with Crippen molar-refractivity contribution in [2.24, 2.45) is 0 Å². The number of ether oxygens (including phenoxy) is 1. The number of nitrogens with zero attached hydrogens (tertiary/aromatic N) is 2. The number of aliphatic hydroxyl groups excluding tert-OH is 1. The number of nitro groups is 1. The Morgan fingerprint density at radius 2 is 1.85 bits per heavy atom. The zero-order valence-electron chi connectivity index (χ0n) is 14.3. The molecule has 3 atom stereocenters. The lowest BCUT2D eigenvalue weighted by atomic mass is 9.99. The van der Waals surface area contributed by atoms with E-state index in [1.54, 1.807) is 11.0 Å². The van der Waals surface area contributed by atoms with Crippen LogP contribution >= 0.6 is 0 Å². The number of benzene rings is 2. The summed E-state index contributed by atoms with van der Waals surface area (Å²) in [7, 11) is 0. The van der Waals surface area contributed by atoms with Gasteiger partial charge in [-0.05, 0) is 18.6 Å². The minimum Gasteiger partial charge on any atom is -0.385 e. The predicted octanol–water partition coefficient (Wildman–Crippen LogP) is 2.62. The van der Waals surface area contributed by atoms with Gasteiger partial charge in [0.15, 0.2) is 6.10 Å². The molecule has 0 bridgehead atoms. The molecular weight excluding hydrogens is 336 g/mol. The molecule has 1 heterocycles. The largest absolute Gasteiger partial charge is 0.385 e. The van der Waals surface area contributed by atoms with Crippen LogP contribution in [0.2, 0.25) is 0 Å². The van der Waals surface area contributed by atoms with E-state index in [9.17, 15) is 20.0 Å². The normalized spacial score (nSPS) is 19.8. The number of carbonyl (C=O) groups excluding carboxylic acids is 1. The molecule has 0 spiro atoms. The van der Waals surface area contributed by atoms with E-state index < -0.39 is 17.1 Å².